The van der Waals surface area contributed by atoms with E-state index in [0.717, 1.165) is 24.2 Å². The predicted octanol–water partition coefficient (Wildman–Crippen LogP) is 2.81. The van der Waals surface area contributed by atoms with E-state index in [1.54, 1.807) is 6.08 Å². The molecule has 1 saturated heterocycles. The molecule has 22 heavy (non-hydrogen) atoms. The second-order valence-electron chi connectivity index (χ2n) is 5.16. The molecule has 0 saturated carbocycles. The zero-order chi connectivity index (χ0) is 15.8. The number of carbonyl (C=O) groups is 1. The number of carbonyl (C=O) groups excluding carboxylic acids is 1. The van der Waals surface area contributed by atoms with Crippen LogP contribution >= 0.6 is 0 Å². The summed E-state index contributed by atoms with van der Waals surface area (Å²) < 4.78 is 11.8. The van der Waals surface area contributed by atoms with E-state index >= 15 is 0 Å². The van der Waals surface area contributed by atoms with Crippen molar-refractivity contribution in [2.45, 2.75) is 32.0 Å². The topological polar surface area (TPSA) is 47.6 Å². The summed E-state index contributed by atoms with van der Waals surface area (Å²) in [6.45, 7) is 6.13. The lowest BCUT2D eigenvalue weighted by Gasteiger charge is -2.32. The molecule has 1 aliphatic carbocycles. The second-order valence-corrected chi connectivity index (χ2v) is 5.16. The van der Waals surface area contributed by atoms with Gasteiger partial charge < -0.3 is 14.8 Å². The molecule has 118 valence electrons. The number of hydrogen-bond donors (Lipinski definition) is 1. The van der Waals surface area contributed by atoms with Crippen LogP contribution in [0.25, 0.3) is 0 Å². The van der Waals surface area contributed by atoms with Crippen molar-refractivity contribution in [2.24, 2.45) is 0 Å². The van der Waals surface area contributed by atoms with E-state index in [-0.39, 0.29) is 24.7 Å². The molecular weight excluding hydrogens is 278 g/mol. The van der Waals surface area contributed by atoms with Crippen molar-refractivity contribution in [3.05, 3.63) is 60.4 Å². The molecule has 1 heterocycles. The molecule has 0 spiro atoms. The Balaban J connectivity index is 2.15. The molecule has 1 fully saturated rings. The van der Waals surface area contributed by atoms with Gasteiger partial charge in [0.05, 0.1) is 0 Å². The summed E-state index contributed by atoms with van der Waals surface area (Å²) in [7, 11) is 0. The molecule has 0 aromatic carbocycles. The molecule has 1 aliphatic heterocycles. The van der Waals surface area contributed by atoms with Gasteiger partial charge in [-0.1, -0.05) is 37.0 Å². The first kappa shape index (κ1) is 16.3. The van der Waals surface area contributed by atoms with Gasteiger partial charge in [-0.2, -0.15) is 0 Å². The van der Waals surface area contributed by atoms with Crippen LogP contribution in [0.4, 0.5) is 0 Å². The Kier molecular flexibility index (Phi) is 6.22. The third-order valence-corrected chi connectivity index (χ3v) is 3.56. The van der Waals surface area contributed by atoms with Crippen LogP contribution in [0.2, 0.25) is 0 Å². The first-order valence-corrected chi connectivity index (χ1v) is 7.61. The monoisotopic (exact) mass is 301 g/mol. The molecular formula is C18H23NO3. The van der Waals surface area contributed by atoms with Crippen molar-refractivity contribution in [3.8, 4) is 0 Å². The van der Waals surface area contributed by atoms with Crippen molar-refractivity contribution in [3.63, 3.8) is 0 Å². The van der Waals surface area contributed by atoms with E-state index in [2.05, 4.69) is 30.1 Å². The highest BCUT2D eigenvalue weighted by atomic mass is 16.5. The Hall–Kier alpha value is -2.07. The van der Waals surface area contributed by atoms with E-state index in [0.29, 0.717) is 6.54 Å². The van der Waals surface area contributed by atoms with Crippen molar-refractivity contribution in [1.29, 1.82) is 0 Å². The van der Waals surface area contributed by atoms with Gasteiger partial charge in [0, 0.05) is 6.54 Å². The smallest absolute Gasteiger partial charge is 0.246 e. The summed E-state index contributed by atoms with van der Waals surface area (Å²) in [4.78, 5) is 11.3. The van der Waals surface area contributed by atoms with Crippen LogP contribution in [0, 0.1) is 0 Å². The Morgan fingerprint density at radius 2 is 2.41 bits per heavy atom. The van der Waals surface area contributed by atoms with E-state index in [4.69, 9.17) is 9.47 Å². The van der Waals surface area contributed by atoms with Crippen molar-refractivity contribution >= 4 is 5.91 Å². The van der Waals surface area contributed by atoms with Crippen LogP contribution in [-0.4, -0.2) is 31.3 Å². The molecule has 0 aromatic heterocycles. The lowest BCUT2D eigenvalue weighted by molar-refractivity contribution is -0.137. The minimum atomic E-state index is -0.238. The van der Waals surface area contributed by atoms with Crippen LogP contribution in [0.3, 0.4) is 0 Å². The van der Waals surface area contributed by atoms with Crippen LogP contribution in [0.15, 0.2) is 60.4 Å². The fourth-order valence-corrected chi connectivity index (χ4v) is 2.42. The van der Waals surface area contributed by atoms with E-state index in [1.807, 2.05) is 25.2 Å². The number of rotatable bonds is 6. The number of hydrogen-bond acceptors (Lipinski definition) is 3. The van der Waals surface area contributed by atoms with E-state index in [9.17, 15) is 4.79 Å². The van der Waals surface area contributed by atoms with Crippen LogP contribution in [0.1, 0.15) is 19.8 Å². The number of allylic oxidation sites excluding steroid dienone is 6. The molecule has 0 aromatic rings. The highest BCUT2D eigenvalue weighted by Crippen LogP contribution is 2.24. The molecule has 2 atom stereocenters. The molecule has 0 bridgehead atoms. The van der Waals surface area contributed by atoms with Crippen molar-refractivity contribution in [2.75, 3.05) is 13.2 Å². The summed E-state index contributed by atoms with van der Waals surface area (Å²) in [6, 6.07) is 0. The van der Waals surface area contributed by atoms with Crippen LogP contribution in [0.5, 0.6) is 0 Å². The Morgan fingerprint density at radius 3 is 3.00 bits per heavy atom. The molecule has 1 N–H and O–H groups in total. The standard InChI is InChI=1S/C18H23NO3/c1-3-5-11-15(4-2)22-18(14-9-7-6-8-10-14)16-12-19-17(20)13-21-16/h3-5,7,9-11,16,18H,1,6,8,12-13H2,2H3,(H,19,20)/b11-5-,15-4+/t16-,18-/m0/s1. The van der Waals surface area contributed by atoms with Gasteiger partial charge in [-0.15, -0.1) is 0 Å². The van der Waals surface area contributed by atoms with Crippen molar-refractivity contribution < 1.29 is 14.3 Å². The lowest BCUT2D eigenvalue weighted by Crippen LogP contribution is -2.49. The molecule has 1 amide bonds. The zero-order valence-corrected chi connectivity index (χ0v) is 13.0. The predicted molar refractivity (Wildman–Crippen MR) is 87.2 cm³/mol. The highest BCUT2D eigenvalue weighted by molar-refractivity contribution is 5.77. The van der Waals surface area contributed by atoms with Gasteiger partial charge in [-0.25, -0.2) is 0 Å². The van der Waals surface area contributed by atoms with Gasteiger partial charge in [0.2, 0.25) is 5.91 Å². The number of nitrogens with one attached hydrogen (secondary N) is 1. The molecule has 2 aliphatic rings. The fraction of sp³-hybridized carbons (Fsp3) is 0.389. The maximum absolute atomic E-state index is 11.3. The first-order chi connectivity index (χ1) is 10.7. The van der Waals surface area contributed by atoms with Gasteiger partial charge >= 0.3 is 0 Å². The summed E-state index contributed by atoms with van der Waals surface area (Å²) in [5.74, 6) is 0.672. The number of ether oxygens (including phenoxy) is 2. The minimum absolute atomic E-state index is 0.0786. The third-order valence-electron chi connectivity index (χ3n) is 3.56. The molecule has 4 nitrogen and oxygen atoms in total. The summed E-state index contributed by atoms with van der Waals surface area (Å²) >= 11 is 0. The minimum Gasteiger partial charge on any atom is -0.483 e. The number of amides is 1. The largest absolute Gasteiger partial charge is 0.483 e. The fourth-order valence-electron chi connectivity index (χ4n) is 2.42. The highest BCUT2D eigenvalue weighted by Gasteiger charge is 2.31. The maximum Gasteiger partial charge on any atom is 0.246 e. The molecule has 0 radical (unpaired) electrons. The quantitative estimate of drug-likeness (QED) is 0.606. The van der Waals surface area contributed by atoms with Crippen LogP contribution < -0.4 is 5.32 Å². The third kappa shape index (κ3) is 4.46. The van der Waals surface area contributed by atoms with Crippen LogP contribution in [-0.2, 0) is 14.3 Å². The second kappa shape index (κ2) is 8.39. The first-order valence-electron chi connectivity index (χ1n) is 7.61. The number of morpholine rings is 1. The van der Waals surface area contributed by atoms with E-state index < -0.39 is 0 Å². The Bertz CT molecular complexity index is 518. The summed E-state index contributed by atoms with van der Waals surface area (Å²) in [6.07, 6.45) is 15.3. The molecule has 4 heteroatoms. The lowest BCUT2D eigenvalue weighted by atomic mass is 9.97. The Morgan fingerprint density at radius 1 is 1.55 bits per heavy atom. The van der Waals surface area contributed by atoms with Gasteiger partial charge in [0.25, 0.3) is 0 Å². The molecule has 0 unspecified atom stereocenters. The average Bonchev–Trinajstić information content (AvgIpc) is 2.57. The van der Waals surface area contributed by atoms with Gasteiger partial charge in [-0.3, -0.25) is 4.79 Å². The SMILES string of the molecule is C=C/C=C\C(=C/C)O[C@@H](C1=CCCC=C1)[C@@H]1CNC(=O)CO1. The zero-order valence-electron chi connectivity index (χ0n) is 13.0. The van der Waals surface area contributed by atoms with E-state index in [1.165, 1.54) is 0 Å². The van der Waals surface area contributed by atoms with Gasteiger partial charge in [-0.05, 0) is 37.5 Å². The summed E-state index contributed by atoms with van der Waals surface area (Å²) in [5, 5.41) is 2.84. The Labute approximate surface area is 131 Å². The summed E-state index contributed by atoms with van der Waals surface area (Å²) in [5.41, 5.74) is 1.10. The maximum atomic E-state index is 11.3. The normalized spacial score (nSPS) is 23.9. The van der Waals surface area contributed by atoms with Gasteiger partial charge in [0.1, 0.15) is 18.5 Å². The van der Waals surface area contributed by atoms with Crippen molar-refractivity contribution in [1.82, 2.24) is 5.32 Å². The van der Waals surface area contributed by atoms with Gasteiger partial charge in [0.15, 0.2) is 6.10 Å². The molecule has 2 rings (SSSR count). The average molecular weight is 301 g/mol.